The summed E-state index contributed by atoms with van der Waals surface area (Å²) in [5, 5.41) is 6.98. The normalized spacial score (nSPS) is 17.9. The average Bonchev–Trinajstić information content (AvgIpc) is 2.92. The molecule has 1 heterocycles. The van der Waals surface area contributed by atoms with Crippen molar-refractivity contribution >= 4 is 26.7 Å². The van der Waals surface area contributed by atoms with E-state index in [2.05, 4.69) is 21.0 Å². The summed E-state index contributed by atoms with van der Waals surface area (Å²) >= 11 is 3.62. The lowest BCUT2D eigenvalue weighted by molar-refractivity contribution is 0.272. The summed E-state index contributed by atoms with van der Waals surface area (Å²) in [6.45, 7) is 0.724. The first-order valence-electron chi connectivity index (χ1n) is 6.75. The van der Waals surface area contributed by atoms with Gasteiger partial charge in [0.25, 0.3) is 5.56 Å². The first-order valence-corrected chi connectivity index (χ1v) is 7.87. The summed E-state index contributed by atoms with van der Waals surface area (Å²) in [5.74, 6) is 0. The highest BCUT2D eigenvalue weighted by Crippen LogP contribution is 2.40. The summed E-state index contributed by atoms with van der Waals surface area (Å²) in [4.78, 5) is 12.5. The lowest BCUT2D eigenvalue weighted by Gasteiger charge is -2.26. The van der Waals surface area contributed by atoms with Gasteiger partial charge in [0.15, 0.2) is 0 Å². The summed E-state index contributed by atoms with van der Waals surface area (Å²) in [6, 6.07) is 7.66. The van der Waals surface area contributed by atoms with E-state index in [4.69, 9.17) is 0 Å². The molecule has 0 saturated heterocycles. The molecule has 0 bridgehead atoms. The van der Waals surface area contributed by atoms with Gasteiger partial charge in [-0.15, -0.1) is 0 Å². The third-order valence-electron chi connectivity index (χ3n) is 4.19. The van der Waals surface area contributed by atoms with Crippen LogP contribution in [0.15, 0.2) is 35.3 Å². The Bertz CT molecular complexity index is 644. The van der Waals surface area contributed by atoms with Gasteiger partial charge in [-0.05, 0) is 24.3 Å². The van der Waals surface area contributed by atoms with Crippen molar-refractivity contribution in [3.8, 4) is 0 Å². The molecule has 3 nitrogen and oxygen atoms in total. The number of hydrogen-bond donors (Lipinski definition) is 0. The fourth-order valence-electron chi connectivity index (χ4n) is 3.02. The molecule has 1 saturated carbocycles. The molecule has 1 aliphatic rings. The minimum atomic E-state index is 0.0327. The van der Waals surface area contributed by atoms with E-state index in [0.717, 1.165) is 22.6 Å². The summed E-state index contributed by atoms with van der Waals surface area (Å²) in [5.41, 5.74) is 0.240. The Hall–Kier alpha value is -1.16. The summed E-state index contributed by atoms with van der Waals surface area (Å²) < 4.78 is 1.65. The van der Waals surface area contributed by atoms with Gasteiger partial charge >= 0.3 is 0 Å². The van der Waals surface area contributed by atoms with Crippen molar-refractivity contribution < 1.29 is 0 Å². The second kappa shape index (κ2) is 5.08. The van der Waals surface area contributed by atoms with Gasteiger partial charge < -0.3 is 0 Å². The van der Waals surface area contributed by atoms with Crippen LogP contribution in [0.2, 0.25) is 0 Å². The number of benzene rings is 1. The molecular weight excluding hydrogens is 304 g/mol. The molecule has 1 aromatic heterocycles. The molecular formula is C15H17BrN2O. The Morgan fingerprint density at radius 3 is 2.74 bits per heavy atom. The van der Waals surface area contributed by atoms with Gasteiger partial charge in [-0.2, -0.15) is 5.10 Å². The quantitative estimate of drug-likeness (QED) is 0.813. The molecule has 2 aromatic rings. The molecule has 0 amide bonds. The van der Waals surface area contributed by atoms with E-state index in [0.29, 0.717) is 0 Å². The predicted octanol–water partition coefficient (Wildman–Crippen LogP) is 3.35. The highest BCUT2D eigenvalue weighted by molar-refractivity contribution is 9.09. The van der Waals surface area contributed by atoms with Crippen LogP contribution >= 0.6 is 15.9 Å². The highest BCUT2D eigenvalue weighted by Gasteiger charge is 2.33. The molecule has 1 aliphatic carbocycles. The van der Waals surface area contributed by atoms with E-state index in [9.17, 15) is 4.79 Å². The fraction of sp³-hybridized carbons (Fsp3) is 0.467. The van der Waals surface area contributed by atoms with Gasteiger partial charge in [-0.1, -0.05) is 47.0 Å². The van der Waals surface area contributed by atoms with Crippen LogP contribution in [0.4, 0.5) is 0 Å². The lowest BCUT2D eigenvalue weighted by atomic mass is 9.89. The lowest BCUT2D eigenvalue weighted by Crippen LogP contribution is -2.33. The van der Waals surface area contributed by atoms with Crippen molar-refractivity contribution in [1.82, 2.24) is 9.78 Å². The molecule has 0 N–H and O–H groups in total. The number of rotatable bonds is 3. The van der Waals surface area contributed by atoms with Crippen molar-refractivity contribution in [2.45, 2.75) is 32.2 Å². The zero-order valence-corrected chi connectivity index (χ0v) is 12.4. The Morgan fingerprint density at radius 1 is 1.26 bits per heavy atom. The number of nitrogens with zero attached hydrogens (tertiary/aromatic N) is 2. The van der Waals surface area contributed by atoms with Crippen molar-refractivity contribution in [2.75, 3.05) is 5.33 Å². The van der Waals surface area contributed by atoms with Crippen LogP contribution in [0.25, 0.3) is 10.8 Å². The number of aromatic nitrogens is 2. The zero-order valence-electron chi connectivity index (χ0n) is 10.8. The Labute approximate surface area is 120 Å². The smallest absolute Gasteiger partial charge is 0.267 e. The minimum absolute atomic E-state index is 0.0327. The molecule has 3 rings (SSSR count). The molecule has 0 unspecified atom stereocenters. The van der Waals surface area contributed by atoms with Crippen molar-refractivity contribution in [3.05, 3.63) is 40.8 Å². The van der Waals surface area contributed by atoms with Crippen LogP contribution in [0.3, 0.4) is 0 Å². The van der Waals surface area contributed by atoms with E-state index >= 15 is 0 Å². The second-order valence-corrected chi connectivity index (χ2v) is 6.10. The van der Waals surface area contributed by atoms with Gasteiger partial charge in [-0.25, -0.2) is 4.68 Å². The number of halogens is 1. The van der Waals surface area contributed by atoms with Crippen LogP contribution in [-0.4, -0.2) is 15.1 Å². The maximum Gasteiger partial charge on any atom is 0.274 e. The summed E-state index contributed by atoms with van der Waals surface area (Å²) in [7, 11) is 0. The topological polar surface area (TPSA) is 34.9 Å². The molecule has 1 aromatic carbocycles. The fourth-order valence-corrected chi connectivity index (χ4v) is 3.76. The zero-order chi connectivity index (χ0) is 13.3. The van der Waals surface area contributed by atoms with Crippen LogP contribution in [0, 0.1) is 5.41 Å². The van der Waals surface area contributed by atoms with Crippen LogP contribution < -0.4 is 5.56 Å². The van der Waals surface area contributed by atoms with E-state index in [1.54, 1.807) is 10.9 Å². The van der Waals surface area contributed by atoms with Crippen LogP contribution in [-0.2, 0) is 6.54 Å². The molecule has 0 spiro atoms. The number of fused-ring (bicyclic) bond motifs is 1. The third-order valence-corrected chi connectivity index (χ3v) is 5.38. The van der Waals surface area contributed by atoms with E-state index in [1.165, 1.54) is 25.7 Å². The predicted molar refractivity (Wildman–Crippen MR) is 80.7 cm³/mol. The van der Waals surface area contributed by atoms with Gasteiger partial charge in [0.1, 0.15) is 0 Å². The van der Waals surface area contributed by atoms with Crippen LogP contribution in [0.1, 0.15) is 25.7 Å². The maximum atomic E-state index is 12.5. The van der Waals surface area contributed by atoms with Crippen molar-refractivity contribution in [3.63, 3.8) is 0 Å². The maximum absolute atomic E-state index is 12.5. The Balaban J connectivity index is 2.01. The van der Waals surface area contributed by atoms with Crippen LogP contribution in [0.5, 0.6) is 0 Å². The molecule has 1 fully saturated rings. The minimum Gasteiger partial charge on any atom is -0.267 e. The highest BCUT2D eigenvalue weighted by atomic mass is 79.9. The van der Waals surface area contributed by atoms with E-state index in [1.807, 2.05) is 24.3 Å². The second-order valence-electron chi connectivity index (χ2n) is 5.54. The van der Waals surface area contributed by atoms with E-state index in [-0.39, 0.29) is 11.0 Å². The number of alkyl halides is 1. The standard InChI is InChI=1S/C15H17BrN2O/c16-10-15(7-3-4-8-15)11-18-14(19)13-6-2-1-5-12(13)9-17-18/h1-2,5-6,9H,3-4,7-8,10-11H2. The molecule has 0 atom stereocenters. The first kappa shape index (κ1) is 12.9. The molecule has 0 aliphatic heterocycles. The van der Waals surface area contributed by atoms with Gasteiger partial charge in [-0.3, -0.25) is 4.79 Å². The monoisotopic (exact) mass is 320 g/mol. The SMILES string of the molecule is O=c1c2ccccc2cnn1CC1(CBr)CCCC1. The Morgan fingerprint density at radius 2 is 2.00 bits per heavy atom. The van der Waals surface area contributed by atoms with Crippen molar-refractivity contribution in [1.29, 1.82) is 0 Å². The van der Waals surface area contributed by atoms with Gasteiger partial charge in [0.05, 0.1) is 18.1 Å². The summed E-state index contributed by atoms with van der Waals surface area (Å²) in [6.07, 6.45) is 6.67. The molecule has 4 heteroatoms. The van der Waals surface area contributed by atoms with Gasteiger partial charge in [0.2, 0.25) is 0 Å². The first-order chi connectivity index (χ1) is 9.24. The Kier molecular flexibility index (Phi) is 3.44. The molecule has 0 radical (unpaired) electrons. The van der Waals surface area contributed by atoms with Gasteiger partial charge in [0, 0.05) is 10.7 Å². The molecule has 100 valence electrons. The molecule has 19 heavy (non-hydrogen) atoms. The number of hydrogen-bond acceptors (Lipinski definition) is 2. The third kappa shape index (κ3) is 2.34. The van der Waals surface area contributed by atoms with Crippen molar-refractivity contribution in [2.24, 2.45) is 5.41 Å². The largest absolute Gasteiger partial charge is 0.274 e. The average molecular weight is 321 g/mol. The van der Waals surface area contributed by atoms with E-state index < -0.39 is 0 Å².